The quantitative estimate of drug-likeness (QED) is 0.816. The molecule has 1 saturated heterocycles. The molecule has 132 valence electrons. The van der Waals surface area contributed by atoms with Gasteiger partial charge in [0.25, 0.3) is 0 Å². The molecule has 1 fully saturated rings. The number of benzene rings is 2. The van der Waals surface area contributed by atoms with E-state index >= 15 is 0 Å². The lowest BCUT2D eigenvalue weighted by molar-refractivity contribution is 0.188. The second kappa shape index (κ2) is 8.27. The molecule has 3 rings (SSSR count). The second-order valence-electron chi connectivity index (χ2n) is 6.02. The van der Waals surface area contributed by atoms with E-state index in [2.05, 4.69) is 4.72 Å². The lowest BCUT2D eigenvalue weighted by Gasteiger charge is -2.19. The maximum Gasteiger partial charge on any atom is 0.212 e. The van der Waals surface area contributed by atoms with Crippen molar-refractivity contribution < 1.29 is 13.2 Å². The number of nitrogens with one attached hydrogen (secondary N) is 1. The first-order valence-electron chi connectivity index (χ1n) is 7.84. The van der Waals surface area contributed by atoms with Gasteiger partial charge in [-0.3, -0.25) is 0 Å². The number of fused-ring (bicyclic) bond motifs is 1. The summed E-state index contributed by atoms with van der Waals surface area (Å²) in [7, 11) is -3.39. The van der Waals surface area contributed by atoms with Gasteiger partial charge in [0.1, 0.15) is 0 Å². The van der Waals surface area contributed by atoms with Crippen molar-refractivity contribution in [2.24, 2.45) is 11.7 Å². The maximum atomic E-state index is 12.4. The van der Waals surface area contributed by atoms with Crippen LogP contribution in [0.15, 0.2) is 42.5 Å². The van der Waals surface area contributed by atoms with Gasteiger partial charge in [-0.05, 0) is 34.7 Å². The largest absolute Gasteiger partial charge is 0.381 e. The van der Waals surface area contributed by atoms with Crippen molar-refractivity contribution in [2.45, 2.75) is 12.5 Å². The van der Waals surface area contributed by atoms with Crippen LogP contribution in [0.25, 0.3) is 10.8 Å². The van der Waals surface area contributed by atoms with Gasteiger partial charge in [-0.25, -0.2) is 13.1 Å². The monoisotopic (exact) mass is 370 g/mol. The maximum absolute atomic E-state index is 12.4. The zero-order valence-electron chi connectivity index (χ0n) is 13.4. The third kappa shape index (κ3) is 4.68. The topological polar surface area (TPSA) is 81.4 Å². The van der Waals surface area contributed by atoms with Crippen molar-refractivity contribution in [2.75, 3.05) is 25.5 Å². The minimum absolute atomic E-state index is 0. The van der Waals surface area contributed by atoms with Crippen molar-refractivity contribution in [1.82, 2.24) is 4.72 Å². The number of hydrogen-bond acceptors (Lipinski definition) is 4. The number of rotatable bonds is 6. The van der Waals surface area contributed by atoms with E-state index in [4.69, 9.17) is 10.5 Å². The first-order chi connectivity index (χ1) is 11.1. The lowest BCUT2D eigenvalue weighted by atomic mass is 10.0. The fourth-order valence-corrected chi connectivity index (χ4v) is 4.61. The Balaban J connectivity index is 0.00000208. The number of sulfonamides is 1. The van der Waals surface area contributed by atoms with Gasteiger partial charge in [0.2, 0.25) is 10.0 Å². The van der Waals surface area contributed by atoms with E-state index in [1.165, 1.54) is 0 Å². The molecule has 1 aliphatic rings. The lowest BCUT2D eigenvalue weighted by Crippen LogP contribution is -2.36. The highest BCUT2D eigenvalue weighted by molar-refractivity contribution is 7.89. The fraction of sp³-hybridized carbons (Fsp3) is 0.412. The van der Waals surface area contributed by atoms with Gasteiger partial charge < -0.3 is 10.5 Å². The molecule has 5 nitrogen and oxygen atoms in total. The molecule has 24 heavy (non-hydrogen) atoms. The van der Waals surface area contributed by atoms with Crippen LogP contribution < -0.4 is 10.5 Å². The van der Waals surface area contributed by atoms with E-state index in [9.17, 15) is 8.42 Å². The Hall–Kier alpha value is -1.18. The molecule has 2 unspecified atom stereocenters. The van der Waals surface area contributed by atoms with Crippen LogP contribution in [0.2, 0.25) is 0 Å². The van der Waals surface area contributed by atoms with Crippen LogP contribution in [0.5, 0.6) is 0 Å². The van der Waals surface area contributed by atoms with E-state index in [0.717, 1.165) is 22.8 Å². The van der Waals surface area contributed by atoms with Gasteiger partial charge in [-0.1, -0.05) is 36.4 Å². The normalized spacial score (nSPS) is 19.1. The predicted octanol–water partition coefficient (Wildman–Crippen LogP) is 2.22. The molecular weight excluding hydrogens is 348 g/mol. The Morgan fingerprint density at radius 3 is 2.62 bits per heavy atom. The predicted molar refractivity (Wildman–Crippen MR) is 98.8 cm³/mol. The Morgan fingerprint density at radius 1 is 1.21 bits per heavy atom. The first-order valence-corrected chi connectivity index (χ1v) is 9.49. The third-order valence-electron chi connectivity index (χ3n) is 4.21. The van der Waals surface area contributed by atoms with Crippen molar-refractivity contribution in [1.29, 1.82) is 0 Å². The van der Waals surface area contributed by atoms with Crippen molar-refractivity contribution in [3.8, 4) is 0 Å². The molecule has 7 heteroatoms. The molecule has 2 atom stereocenters. The Kier molecular flexibility index (Phi) is 6.60. The number of halogens is 1. The molecule has 0 saturated carbocycles. The molecule has 0 aromatic heterocycles. The van der Waals surface area contributed by atoms with Gasteiger partial charge in [-0.2, -0.15) is 0 Å². The Labute approximate surface area is 149 Å². The number of hydrogen-bond donors (Lipinski definition) is 2. The van der Waals surface area contributed by atoms with Crippen LogP contribution in [0, 0.1) is 5.92 Å². The minimum Gasteiger partial charge on any atom is -0.381 e. The standard InChI is InChI=1S/C17H22N2O3S.ClH/c18-10-17(19-23(20,21)12-13-7-8-22-11-13)16-6-5-14-3-1-2-4-15(14)9-16;/h1-6,9,13,17,19H,7-8,10-12,18H2;1H. The molecule has 1 heterocycles. The van der Waals surface area contributed by atoms with Crippen LogP contribution in [0.3, 0.4) is 0 Å². The van der Waals surface area contributed by atoms with E-state index in [1.54, 1.807) is 0 Å². The molecule has 3 N–H and O–H groups in total. The SMILES string of the molecule is Cl.NCC(NS(=O)(=O)CC1CCOC1)c1ccc2ccccc2c1. The number of ether oxygens (including phenoxy) is 1. The van der Waals surface area contributed by atoms with Crippen molar-refractivity contribution >= 4 is 33.2 Å². The van der Waals surface area contributed by atoms with Gasteiger partial charge in [0.15, 0.2) is 0 Å². The Morgan fingerprint density at radius 2 is 1.96 bits per heavy atom. The highest BCUT2D eigenvalue weighted by Crippen LogP contribution is 2.21. The summed E-state index contributed by atoms with van der Waals surface area (Å²) in [6.45, 7) is 1.38. The number of nitrogens with two attached hydrogens (primary N) is 1. The first kappa shape index (κ1) is 19.1. The van der Waals surface area contributed by atoms with Gasteiger partial charge in [0.05, 0.1) is 18.4 Å². The highest BCUT2D eigenvalue weighted by Gasteiger charge is 2.25. The second-order valence-corrected chi connectivity index (χ2v) is 7.82. The molecule has 0 aliphatic carbocycles. The molecule has 0 amide bonds. The molecule has 0 bridgehead atoms. The average molecular weight is 371 g/mol. The summed E-state index contributed by atoms with van der Waals surface area (Å²) in [5, 5.41) is 2.20. The summed E-state index contributed by atoms with van der Waals surface area (Å²) in [4.78, 5) is 0. The molecule has 2 aromatic carbocycles. The molecular formula is C17H23ClN2O3S. The van der Waals surface area contributed by atoms with Crippen LogP contribution in [0.1, 0.15) is 18.0 Å². The van der Waals surface area contributed by atoms with Gasteiger partial charge in [-0.15, -0.1) is 12.4 Å². The molecule has 2 aromatic rings. The zero-order chi connectivity index (χ0) is 16.3. The molecule has 0 spiro atoms. The van der Waals surface area contributed by atoms with Crippen molar-refractivity contribution in [3.05, 3.63) is 48.0 Å². The summed E-state index contributed by atoms with van der Waals surface area (Å²) in [5.74, 6) is 0.166. The smallest absolute Gasteiger partial charge is 0.212 e. The van der Waals surface area contributed by atoms with Gasteiger partial charge >= 0.3 is 0 Å². The van der Waals surface area contributed by atoms with E-state index in [0.29, 0.717) is 13.2 Å². The van der Waals surface area contributed by atoms with Crippen molar-refractivity contribution in [3.63, 3.8) is 0 Å². The van der Waals surface area contributed by atoms with E-state index in [1.807, 2.05) is 42.5 Å². The minimum atomic E-state index is -3.39. The van der Waals surface area contributed by atoms with Crippen LogP contribution in [-0.2, 0) is 14.8 Å². The summed E-state index contributed by atoms with van der Waals surface area (Å²) >= 11 is 0. The summed E-state index contributed by atoms with van der Waals surface area (Å²) in [6, 6.07) is 13.5. The van der Waals surface area contributed by atoms with Crippen LogP contribution in [0.4, 0.5) is 0 Å². The highest BCUT2D eigenvalue weighted by atomic mass is 35.5. The molecule has 1 aliphatic heterocycles. The van der Waals surface area contributed by atoms with Gasteiger partial charge in [0, 0.05) is 13.2 Å². The third-order valence-corrected chi connectivity index (χ3v) is 5.77. The van der Waals surface area contributed by atoms with E-state index < -0.39 is 16.1 Å². The average Bonchev–Trinajstić information content (AvgIpc) is 3.04. The summed E-state index contributed by atoms with van der Waals surface area (Å²) in [6.07, 6.45) is 0.796. The Bertz CT molecular complexity index is 776. The summed E-state index contributed by atoms with van der Waals surface area (Å²) in [5.41, 5.74) is 6.70. The zero-order valence-corrected chi connectivity index (χ0v) is 15.0. The summed E-state index contributed by atoms with van der Waals surface area (Å²) < 4.78 is 32.7. The fourth-order valence-electron chi connectivity index (χ4n) is 2.97. The van der Waals surface area contributed by atoms with Crippen LogP contribution >= 0.6 is 12.4 Å². The van der Waals surface area contributed by atoms with E-state index in [-0.39, 0.29) is 30.6 Å². The molecule has 0 radical (unpaired) electrons. The van der Waals surface area contributed by atoms with Crippen LogP contribution in [-0.4, -0.2) is 33.9 Å².